The zero-order chi connectivity index (χ0) is 14.1. The van der Waals surface area contributed by atoms with E-state index < -0.39 is 0 Å². The number of fused-ring (bicyclic) bond motifs is 1. The van der Waals surface area contributed by atoms with Gasteiger partial charge in [0, 0.05) is 18.3 Å². The summed E-state index contributed by atoms with van der Waals surface area (Å²) < 4.78 is 2.10. The molecule has 0 N–H and O–H groups in total. The number of nitrogens with zero attached hydrogens (tertiary/aromatic N) is 2. The zero-order valence-corrected chi connectivity index (χ0v) is 11.7. The molecule has 102 valence electrons. The fourth-order valence-corrected chi connectivity index (χ4v) is 3.11. The van der Waals surface area contributed by atoms with Gasteiger partial charge in [0.15, 0.2) is 0 Å². The van der Waals surface area contributed by atoms with Gasteiger partial charge in [-0.1, -0.05) is 60.7 Å². The Morgan fingerprint density at radius 2 is 1.38 bits per heavy atom. The first kappa shape index (κ1) is 12.2. The monoisotopic (exact) mass is 272 g/mol. The number of rotatable bonds is 2. The van der Waals surface area contributed by atoms with Crippen molar-refractivity contribution in [3.05, 3.63) is 95.8 Å². The van der Waals surface area contributed by atoms with Crippen molar-refractivity contribution in [1.82, 2.24) is 4.57 Å². The minimum absolute atomic E-state index is 0.323. The zero-order valence-electron chi connectivity index (χ0n) is 11.7. The van der Waals surface area contributed by atoms with Crippen molar-refractivity contribution in [3.8, 4) is 0 Å². The molecule has 3 aromatic rings. The van der Waals surface area contributed by atoms with Crippen LogP contribution in [0.4, 0.5) is 0 Å². The summed E-state index contributed by atoms with van der Waals surface area (Å²) in [6, 6.07) is 25.4. The maximum Gasteiger partial charge on any atom is 0.118 e. The molecule has 0 saturated heterocycles. The van der Waals surface area contributed by atoms with E-state index >= 15 is 0 Å². The van der Waals surface area contributed by atoms with E-state index in [9.17, 15) is 0 Å². The van der Waals surface area contributed by atoms with Gasteiger partial charge in [-0.05, 0) is 23.3 Å². The third-order valence-electron chi connectivity index (χ3n) is 4.21. The van der Waals surface area contributed by atoms with Gasteiger partial charge >= 0.3 is 0 Å². The predicted octanol–water partition coefficient (Wildman–Crippen LogP) is 3.86. The molecule has 0 spiro atoms. The molecule has 0 saturated carbocycles. The van der Waals surface area contributed by atoms with E-state index in [1.54, 1.807) is 0 Å². The Kier molecular flexibility index (Phi) is 2.74. The van der Waals surface area contributed by atoms with Gasteiger partial charge in [-0.15, -0.1) is 0 Å². The Morgan fingerprint density at radius 3 is 2.00 bits per heavy atom. The van der Waals surface area contributed by atoms with Crippen molar-refractivity contribution in [2.24, 2.45) is 4.99 Å². The molecule has 2 aromatic carbocycles. The van der Waals surface area contributed by atoms with Crippen molar-refractivity contribution in [2.45, 2.75) is 12.0 Å². The number of aromatic nitrogens is 1. The van der Waals surface area contributed by atoms with Crippen LogP contribution < -0.4 is 0 Å². The molecule has 1 aliphatic rings. The standard InChI is InChI=1S/C19H16N2/c1-3-8-16(9-4-1)19(17-10-5-2-6-11-17)14-18-12-7-13-21(18)15-20-19/h1-13,15H,14H2. The summed E-state index contributed by atoms with van der Waals surface area (Å²) in [6.07, 6.45) is 4.88. The van der Waals surface area contributed by atoms with Gasteiger partial charge in [-0.2, -0.15) is 0 Å². The van der Waals surface area contributed by atoms with Crippen LogP contribution in [-0.2, 0) is 12.0 Å². The molecule has 21 heavy (non-hydrogen) atoms. The van der Waals surface area contributed by atoms with Crippen LogP contribution in [0.25, 0.3) is 0 Å². The molecule has 2 heterocycles. The van der Waals surface area contributed by atoms with Gasteiger partial charge in [0.05, 0.1) is 6.34 Å². The highest BCUT2D eigenvalue weighted by molar-refractivity contribution is 5.65. The lowest BCUT2D eigenvalue weighted by atomic mass is 9.79. The van der Waals surface area contributed by atoms with Crippen LogP contribution in [0, 0.1) is 0 Å². The second-order valence-electron chi connectivity index (χ2n) is 5.42. The van der Waals surface area contributed by atoms with Crippen molar-refractivity contribution in [2.75, 3.05) is 0 Å². The molecule has 1 aliphatic heterocycles. The highest BCUT2D eigenvalue weighted by Crippen LogP contribution is 2.38. The van der Waals surface area contributed by atoms with Crippen molar-refractivity contribution in [1.29, 1.82) is 0 Å². The lowest BCUT2D eigenvalue weighted by molar-refractivity contribution is 0.515. The number of hydrogen-bond acceptors (Lipinski definition) is 1. The molecular formula is C19H16N2. The molecule has 2 heteroatoms. The van der Waals surface area contributed by atoms with Gasteiger partial charge in [-0.3, -0.25) is 4.99 Å². The van der Waals surface area contributed by atoms with Crippen LogP contribution in [0.15, 0.2) is 84.0 Å². The molecule has 0 amide bonds. The normalized spacial score (nSPS) is 15.6. The molecule has 0 aliphatic carbocycles. The van der Waals surface area contributed by atoms with Crippen LogP contribution in [0.3, 0.4) is 0 Å². The van der Waals surface area contributed by atoms with E-state index in [2.05, 4.69) is 83.6 Å². The lowest BCUT2D eigenvalue weighted by Gasteiger charge is -2.34. The third-order valence-corrected chi connectivity index (χ3v) is 4.21. The Hall–Kier alpha value is -2.61. The van der Waals surface area contributed by atoms with Crippen molar-refractivity contribution in [3.63, 3.8) is 0 Å². The molecule has 0 fully saturated rings. The Morgan fingerprint density at radius 1 is 0.762 bits per heavy atom. The van der Waals surface area contributed by atoms with Gasteiger partial charge in [0.25, 0.3) is 0 Å². The molecule has 0 unspecified atom stereocenters. The maximum absolute atomic E-state index is 4.95. The second-order valence-corrected chi connectivity index (χ2v) is 5.42. The van der Waals surface area contributed by atoms with E-state index in [1.165, 1.54) is 16.8 Å². The first-order valence-electron chi connectivity index (χ1n) is 7.21. The number of hydrogen-bond donors (Lipinski definition) is 0. The minimum atomic E-state index is -0.323. The van der Waals surface area contributed by atoms with Crippen LogP contribution >= 0.6 is 0 Å². The second kappa shape index (κ2) is 4.74. The van der Waals surface area contributed by atoms with E-state index in [0.29, 0.717) is 0 Å². The van der Waals surface area contributed by atoms with E-state index in [0.717, 1.165) is 6.42 Å². The predicted molar refractivity (Wildman–Crippen MR) is 85.7 cm³/mol. The van der Waals surface area contributed by atoms with Crippen LogP contribution in [0.2, 0.25) is 0 Å². The summed E-state index contributed by atoms with van der Waals surface area (Å²) >= 11 is 0. The summed E-state index contributed by atoms with van der Waals surface area (Å²) in [5.41, 5.74) is 3.44. The smallest absolute Gasteiger partial charge is 0.118 e. The SMILES string of the molecule is C1=NC(c2ccccc2)(c2ccccc2)Cc2cccn21. The van der Waals surface area contributed by atoms with Gasteiger partial charge in [0.1, 0.15) is 5.54 Å². The summed E-state index contributed by atoms with van der Waals surface area (Å²) in [5, 5.41) is 0. The topological polar surface area (TPSA) is 17.3 Å². The molecule has 2 nitrogen and oxygen atoms in total. The first-order chi connectivity index (χ1) is 10.4. The number of aliphatic imine (C=N–C) groups is 1. The average molecular weight is 272 g/mol. The van der Waals surface area contributed by atoms with Crippen LogP contribution in [0.5, 0.6) is 0 Å². The quantitative estimate of drug-likeness (QED) is 0.674. The van der Waals surface area contributed by atoms with E-state index in [-0.39, 0.29) is 5.54 Å². The summed E-state index contributed by atoms with van der Waals surface area (Å²) in [4.78, 5) is 4.95. The van der Waals surface area contributed by atoms with Crippen LogP contribution in [-0.4, -0.2) is 10.9 Å². The lowest BCUT2D eigenvalue weighted by Crippen LogP contribution is -2.33. The summed E-state index contributed by atoms with van der Waals surface area (Å²) in [6.45, 7) is 0. The minimum Gasteiger partial charge on any atom is -0.312 e. The Labute approximate surface area is 124 Å². The summed E-state index contributed by atoms with van der Waals surface area (Å²) in [5.74, 6) is 0. The van der Waals surface area contributed by atoms with Gasteiger partial charge < -0.3 is 4.57 Å². The fraction of sp³-hybridized carbons (Fsp3) is 0.105. The largest absolute Gasteiger partial charge is 0.312 e. The van der Waals surface area contributed by atoms with Crippen molar-refractivity contribution >= 4 is 6.34 Å². The molecule has 1 aromatic heterocycles. The number of benzene rings is 2. The van der Waals surface area contributed by atoms with Crippen LogP contribution in [0.1, 0.15) is 16.8 Å². The Bertz CT molecular complexity index is 730. The molecule has 4 rings (SSSR count). The maximum atomic E-state index is 4.95. The van der Waals surface area contributed by atoms with E-state index in [4.69, 9.17) is 4.99 Å². The van der Waals surface area contributed by atoms with Crippen molar-refractivity contribution < 1.29 is 0 Å². The van der Waals surface area contributed by atoms with E-state index in [1.807, 2.05) is 6.34 Å². The molecule has 0 bridgehead atoms. The fourth-order valence-electron chi connectivity index (χ4n) is 3.11. The highest BCUT2D eigenvalue weighted by Gasteiger charge is 2.36. The summed E-state index contributed by atoms with van der Waals surface area (Å²) in [7, 11) is 0. The average Bonchev–Trinajstić information content (AvgIpc) is 3.03. The molecule has 0 atom stereocenters. The molecule has 0 radical (unpaired) electrons. The van der Waals surface area contributed by atoms with Gasteiger partial charge in [-0.25, -0.2) is 0 Å². The molecular weight excluding hydrogens is 256 g/mol. The third kappa shape index (κ3) is 1.91. The first-order valence-corrected chi connectivity index (χ1v) is 7.21. The Balaban J connectivity index is 1.93. The van der Waals surface area contributed by atoms with Gasteiger partial charge in [0.2, 0.25) is 0 Å². The highest BCUT2D eigenvalue weighted by atomic mass is 15.1.